The third-order valence-corrected chi connectivity index (χ3v) is 10.2. The van der Waals surface area contributed by atoms with Gasteiger partial charge in [0.05, 0.1) is 25.1 Å². The lowest BCUT2D eigenvalue weighted by atomic mass is 9.89. The highest BCUT2D eigenvalue weighted by molar-refractivity contribution is 8.08. The van der Waals surface area contributed by atoms with Crippen molar-refractivity contribution in [3.8, 4) is 12.3 Å². The molecule has 240 valence electrons. The van der Waals surface area contributed by atoms with Gasteiger partial charge in [-0.25, -0.2) is 27.7 Å². The van der Waals surface area contributed by atoms with Crippen molar-refractivity contribution in [1.29, 1.82) is 0 Å². The Kier molecular flexibility index (Phi) is 10.2. The number of imidazole rings is 1. The van der Waals surface area contributed by atoms with Gasteiger partial charge in [-0.05, 0) is 11.8 Å². The molecule has 2 saturated heterocycles. The molecule has 2 aliphatic rings. The smallest absolute Gasteiger partial charge is 0.393 e. The predicted octanol–water partition coefficient (Wildman–Crippen LogP) is -2.97. The highest BCUT2D eigenvalue weighted by atomic mass is 32.5. The fraction of sp³-hybridized carbons (Fsp3) is 0.650. The van der Waals surface area contributed by atoms with E-state index in [4.69, 9.17) is 47.8 Å². The van der Waals surface area contributed by atoms with E-state index in [1.54, 1.807) is 0 Å². The second-order valence-electron chi connectivity index (χ2n) is 9.26. The van der Waals surface area contributed by atoms with Crippen molar-refractivity contribution in [3.05, 3.63) is 18.2 Å². The molecule has 2 aliphatic heterocycles. The van der Waals surface area contributed by atoms with E-state index in [0.717, 1.165) is 6.33 Å². The monoisotopic (exact) mass is 675 g/mol. The van der Waals surface area contributed by atoms with E-state index >= 15 is 0 Å². The van der Waals surface area contributed by atoms with E-state index in [0.29, 0.717) is 0 Å². The molecule has 23 heteroatoms. The predicted molar refractivity (Wildman–Crippen MR) is 141 cm³/mol. The molecule has 0 amide bonds. The molecule has 0 radical (unpaired) electrons. The van der Waals surface area contributed by atoms with Crippen LogP contribution in [0.1, 0.15) is 11.8 Å². The Morgan fingerprint density at radius 3 is 2.58 bits per heavy atom. The second kappa shape index (κ2) is 12.9. The number of alkyl halides is 1. The molecule has 0 aromatic carbocycles. The van der Waals surface area contributed by atoms with Gasteiger partial charge in [0.15, 0.2) is 29.5 Å². The zero-order chi connectivity index (χ0) is 31.9. The van der Waals surface area contributed by atoms with Crippen LogP contribution in [0.25, 0.3) is 5.65 Å². The molecule has 4 heterocycles. The van der Waals surface area contributed by atoms with Crippen molar-refractivity contribution in [3.63, 3.8) is 0 Å². The molecule has 0 saturated carbocycles. The van der Waals surface area contributed by atoms with E-state index in [1.807, 2.05) is 0 Å². The van der Waals surface area contributed by atoms with Gasteiger partial charge >= 0.3 is 14.5 Å². The first-order valence-corrected chi connectivity index (χ1v) is 16.1. The summed E-state index contributed by atoms with van der Waals surface area (Å²) in [5.74, 6) is 2.36. The number of nitrogens with zero attached hydrogens (tertiary/aromatic N) is 4. The van der Waals surface area contributed by atoms with Crippen LogP contribution >= 0.6 is 14.5 Å². The summed E-state index contributed by atoms with van der Waals surface area (Å²) in [5.41, 5.74) is 4.29. The van der Waals surface area contributed by atoms with Crippen molar-refractivity contribution < 1.29 is 71.8 Å². The molecule has 0 bridgehead atoms. The number of aliphatic hydroxyl groups excluding tert-OH is 5. The number of aliphatic hydroxyl groups is 5. The van der Waals surface area contributed by atoms with Gasteiger partial charge in [-0.15, -0.1) is 6.42 Å². The van der Waals surface area contributed by atoms with Gasteiger partial charge < -0.3 is 59.8 Å². The van der Waals surface area contributed by atoms with E-state index in [2.05, 4.69) is 29.8 Å². The Balaban J connectivity index is 1.46. The molecular formula is C20H28FN5O14P2S. The standard InChI is InChI=1S/C20H28FN5O14P2S/c1-3-20(35-2)15(31)10(37-16(20)9-4-23-18-17(22)24-7-25-26(9)18)6-36-42(34,43)40-41(32,33)39-19-13(30)11(28)12(29)14(38-19)8(21)5-27/h1,4,7-8,10-16,19,27-31H,5-6H2,2H3,(H,32,33)(H,34,43)(H2,22,24,25)/t8-,10+,11?,12?,13?,14?,15+,16-,19?,20+,42?/m0/s1. The average Bonchev–Trinajstić information content (AvgIpc) is 3.50. The molecule has 2 fully saturated rings. The van der Waals surface area contributed by atoms with Gasteiger partial charge in [-0.2, -0.15) is 5.10 Å². The van der Waals surface area contributed by atoms with Gasteiger partial charge in [0.2, 0.25) is 0 Å². The van der Waals surface area contributed by atoms with Crippen LogP contribution in [0.4, 0.5) is 10.2 Å². The largest absolute Gasteiger partial charge is 0.481 e. The number of terminal acetylenes is 1. The Bertz CT molecular complexity index is 1450. The molecule has 7 unspecified atom stereocenters. The number of ether oxygens (including phenoxy) is 3. The van der Waals surface area contributed by atoms with Crippen molar-refractivity contribution >= 4 is 37.8 Å². The molecule has 9 N–H and O–H groups in total. The quantitative estimate of drug-likeness (QED) is 0.0871. The van der Waals surface area contributed by atoms with E-state index < -0.39 is 88.5 Å². The molecule has 2 aromatic heterocycles. The summed E-state index contributed by atoms with van der Waals surface area (Å²) in [6, 6.07) is 0. The highest BCUT2D eigenvalue weighted by Crippen LogP contribution is 2.62. The maximum Gasteiger partial charge on any atom is 0.481 e. The zero-order valence-electron chi connectivity index (χ0n) is 21.9. The summed E-state index contributed by atoms with van der Waals surface area (Å²) in [6.45, 7) is -6.70. The van der Waals surface area contributed by atoms with E-state index in [-0.39, 0.29) is 17.2 Å². The molecule has 4 rings (SSSR count). The fourth-order valence-corrected chi connectivity index (χ4v) is 7.61. The van der Waals surface area contributed by atoms with Gasteiger partial charge in [0, 0.05) is 7.11 Å². The fourth-order valence-electron chi connectivity index (χ4n) is 4.52. The summed E-state index contributed by atoms with van der Waals surface area (Å²) in [7, 11) is -4.32. The van der Waals surface area contributed by atoms with E-state index in [1.165, 1.54) is 17.8 Å². The number of methoxy groups -OCH3 is 1. The molecule has 43 heavy (non-hydrogen) atoms. The van der Waals surface area contributed by atoms with Crippen LogP contribution in [0.3, 0.4) is 0 Å². The number of anilines is 1. The zero-order valence-corrected chi connectivity index (χ0v) is 24.5. The van der Waals surface area contributed by atoms with Gasteiger partial charge in [-0.1, -0.05) is 5.92 Å². The maximum absolute atomic E-state index is 14.0. The number of halogens is 1. The number of phosphoric ester groups is 1. The Labute approximate surface area is 246 Å². The van der Waals surface area contributed by atoms with Crippen LogP contribution in [0.15, 0.2) is 12.5 Å². The molecular weight excluding hydrogens is 647 g/mol. The summed E-state index contributed by atoms with van der Waals surface area (Å²) >= 11 is 4.76. The van der Waals surface area contributed by atoms with Crippen LogP contribution in [-0.2, 0) is 43.9 Å². The Hall–Kier alpha value is -1.80. The Morgan fingerprint density at radius 1 is 1.26 bits per heavy atom. The van der Waals surface area contributed by atoms with Crippen LogP contribution in [-0.4, -0.2) is 130 Å². The summed E-state index contributed by atoms with van der Waals surface area (Å²) < 4.78 is 58.2. The third-order valence-electron chi connectivity index (χ3n) is 6.66. The second-order valence-corrected chi connectivity index (χ2v) is 13.6. The SMILES string of the molecule is C#C[C@@]1(OC)[C@H](O)[C@@H](COP(O)(=S)OP(=O)(O)OC2OC([C@@H](F)CO)C(O)C(O)C2O)O[C@H]1c1cnc2c(N)ncnn12. The minimum atomic E-state index is -5.52. The summed E-state index contributed by atoms with van der Waals surface area (Å²) in [5, 5.41) is 54.0. The first kappa shape index (κ1) is 34.1. The van der Waals surface area contributed by atoms with Crippen LogP contribution in [0.5, 0.6) is 0 Å². The Morgan fingerprint density at radius 2 is 1.95 bits per heavy atom. The van der Waals surface area contributed by atoms with Crippen molar-refractivity contribution in [2.45, 2.75) is 60.8 Å². The van der Waals surface area contributed by atoms with Crippen LogP contribution in [0, 0.1) is 12.3 Å². The molecule has 12 atom stereocenters. The van der Waals surface area contributed by atoms with Crippen molar-refractivity contribution in [2.24, 2.45) is 0 Å². The van der Waals surface area contributed by atoms with Crippen molar-refractivity contribution in [1.82, 2.24) is 19.6 Å². The number of fused-ring (bicyclic) bond motifs is 1. The number of aromatic nitrogens is 4. The molecule has 0 aliphatic carbocycles. The minimum absolute atomic E-state index is 0.0300. The number of rotatable bonds is 11. The minimum Gasteiger partial charge on any atom is -0.393 e. The van der Waals surface area contributed by atoms with Crippen molar-refractivity contribution in [2.75, 3.05) is 26.1 Å². The van der Waals surface area contributed by atoms with Crippen LogP contribution in [0.2, 0.25) is 0 Å². The highest BCUT2D eigenvalue weighted by Gasteiger charge is 2.58. The maximum atomic E-state index is 14.0. The topological polar surface area (TPSA) is 283 Å². The number of hydrogen-bond acceptors (Lipinski definition) is 17. The molecule has 19 nitrogen and oxygen atoms in total. The lowest BCUT2D eigenvalue weighted by Gasteiger charge is -2.41. The normalized spacial score (nSPS) is 36.6. The molecule has 2 aromatic rings. The first-order chi connectivity index (χ1) is 20.1. The van der Waals surface area contributed by atoms with Gasteiger partial charge in [0.1, 0.15) is 49.1 Å². The lowest BCUT2D eigenvalue weighted by Crippen LogP contribution is -2.60. The average molecular weight is 675 g/mol. The first-order valence-electron chi connectivity index (χ1n) is 12.1. The number of hydrogen-bond donors (Lipinski definition) is 8. The van der Waals surface area contributed by atoms with E-state index in [9.17, 15) is 39.2 Å². The summed E-state index contributed by atoms with van der Waals surface area (Å²) in [4.78, 5) is 28.5. The molecule has 0 spiro atoms. The van der Waals surface area contributed by atoms with Crippen LogP contribution < -0.4 is 5.73 Å². The number of nitrogens with two attached hydrogens (primary N) is 1. The summed E-state index contributed by atoms with van der Waals surface area (Å²) in [6.07, 6.45) is -9.10. The number of phosphoric acid groups is 1. The number of nitrogen functional groups attached to an aromatic ring is 1. The third kappa shape index (κ3) is 6.61. The van der Waals surface area contributed by atoms with Gasteiger partial charge in [-0.3, -0.25) is 4.52 Å². The lowest BCUT2D eigenvalue weighted by molar-refractivity contribution is -0.287. The van der Waals surface area contributed by atoms with Gasteiger partial charge in [0.25, 0.3) is 0 Å².